The Kier molecular flexibility index (Phi) is 4.77. The van der Waals surface area contributed by atoms with E-state index in [9.17, 15) is 0 Å². The maximum absolute atomic E-state index is 5.91. The highest BCUT2D eigenvalue weighted by atomic mass is 35.5. The number of hydrogen-bond donors (Lipinski definition) is 1. The van der Waals surface area contributed by atoms with Gasteiger partial charge in [0.1, 0.15) is 5.15 Å². The van der Waals surface area contributed by atoms with Crippen molar-refractivity contribution in [1.29, 1.82) is 0 Å². The van der Waals surface area contributed by atoms with Crippen LogP contribution in [-0.4, -0.2) is 36.1 Å². The minimum atomic E-state index is 0. The lowest BCUT2D eigenvalue weighted by molar-refractivity contribution is 0.667. The molecule has 0 bridgehead atoms. The lowest BCUT2D eigenvalue weighted by Gasteiger charge is -2.23. The van der Waals surface area contributed by atoms with Gasteiger partial charge in [-0.2, -0.15) is 0 Å². The van der Waals surface area contributed by atoms with Gasteiger partial charge in [-0.3, -0.25) is 0 Å². The van der Waals surface area contributed by atoms with Gasteiger partial charge in [-0.05, 0) is 26.0 Å². The average molecular weight is 263 g/mol. The third-order valence-corrected chi connectivity index (χ3v) is 2.90. The van der Waals surface area contributed by atoms with Gasteiger partial charge in [-0.1, -0.05) is 11.6 Å². The van der Waals surface area contributed by atoms with E-state index < -0.39 is 0 Å². The Balaban J connectivity index is 0.00000128. The Morgan fingerprint density at radius 1 is 1.50 bits per heavy atom. The summed E-state index contributed by atoms with van der Waals surface area (Å²) in [5, 5.41) is 3.83. The van der Waals surface area contributed by atoms with E-state index in [-0.39, 0.29) is 12.4 Å². The van der Waals surface area contributed by atoms with Crippen molar-refractivity contribution in [3.63, 3.8) is 0 Å². The highest BCUT2D eigenvalue weighted by Crippen LogP contribution is 2.16. The molecule has 1 fully saturated rings. The molecule has 0 radical (unpaired) electrons. The van der Waals surface area contributed by atoms with Crippen molar-refractivity contribution < 1.29 is 0 Å². The van der Waals surface area contributed by atoms with Gasteiger partial charge in [-0.15, -0.1) is 12.4 Å². The molecule has 1 saturated heterocycles. The second-order valence-corrected chi connectivity index (χ2v) is 4.28. The first-order chi connectivity index (χ1) is 7.16. The Morgan fingerprint density at radius 3 is 2.81 bits per heavy atom. The van der Waals surface area contributed by atoms with Crippen LogP contribution >= 0.6 is 24.0 Å². The molecule has 2 heterocycles. The van der Waals surface area contributed by atoms with Gasteiger partial charge in [0.05, 0.1) is 0 Å². The molecule has 1 N–H and O–H groups in total. The lowest BCUT2D eigenvalue weighted by Crippen LogP contribution is -2.34. The Labute approximate surface area is 107 Å². The number of nitrogens with one attached hydrogen (secondary N) is 1. The van der Waals surface area contributed by atoms with Crippen molar-refractivity contribution in [2.45, 2.75) is 19.4 Å². The Bertz CT molecular complexity index is 332. The molecule has 16 heavy (non-hydrogen) atoms. The van der Waals surface area contributed by atoms with Crippen molar-refractivity contribution in [3.05, 3.63) is 16.9 Å². The van der Waals surface area contributed by atoms with Crippen LogP contribution in [-0.2, 0) is 0 Å². The number of hydrogen-bond acceptors (Lipinski definition) is 4. The van der Waals surface area contributed by atoms with Gasteiger partial charge in [0, 0.05) is 25.3 Å². The van der Waals surface area contributed by atoms with Gasteiger partial charge in [0.2, 0.25) is 5.95 Å². The van der Waals surface area contributed by atoms with Crippen LogP contribution in [0.4, 0.5) is 5.95 Å². The Morgan fingerprint density at radius 2 is 2.25 bits per heavy atom. The van der Waals surface area contributed by atoms with Crippen molar-refractivity contribution in [2.24, 2.45) is 0 Å². The Hall–Kier alpha value is -0.580. The fourth-order valence-electron chi connectivity index (χ4n) is 1.81. The van der Waals surface area contributed by atoms with E-state index in [0.29, 0.717) is 17.1 Å². The topological polar surface area (TPSA) is 41.1 Å². The minimum absolute atomic E-state index is 0. The van der Waals surface area contributed by atoms with Crippen LogP contribution in [0.1, 0.15) is 12.1 Å². The van der Waals surface area contributed by atoms with Crippen LogP contribution in [0.15, 0.2) is 6.07 Å². The molecule has 1 aliphatic heterocycles. The molecule has 0 saturated carbocycles. The number of nitrogens with zero attached hydrogens (tertiary/aromatic N) is 3. The van der Waals surface area contributed by atoms with Gasteiger partial charge < -0.3 is 10.2 Å². The number of halogens is 2. The molecule has 0 amide bonds. The smallest absolute Gasteiger partial charge is 0.227 e. The molecule has 1 atom stereocenters. The monoisotopic (exact) mass is 262 g/mol. The fourth-order valence-corrected chi connectivity index (χ4v) is 2.04. The third-order valence-electron chi connectivity index (χ3n) is 2.71. The third kappa shape index (κ3) is 2.97. The van der Waals surface area contributed by atoms with E-state index in [4.69, 9.17) is 11.6 Å². The minimum Gasteiger partial charge on any atom is -0.340 e. The van der Waals surface area contributed by atoms with Crippen molar-refractivity contribution in [2.75, 3.05) is 25.0 Å². The van der Waals surface area contributed by atoms with Crippen LogP contribution in [0.25, 0.3) is 0 Å². The van der Waals surface area contributed by atoms with Crippen molar-refractivity contribution in [3.8, 4) is 0 Å². The number of rotatable bonds is 2. The number of aromatic nitrogens is 2. The highest BCUT2D eigenvalue weighted by molar-refractivity contribution is 6.29. The normalized spacial score (nSPS) is 19.3. The van der Waals surface area contributed by atoms with E-state index in [1.54, 1.807) is 6.07 Å². The summed E-state index contributed by atoms with van der Waals surface area (Å²) in [6.07, 6.45) is 1.13. The lowest BCUT2D eigenvalue weighted by atomic mass is 10.2. The van der Waals surface area contributed by atoms with Crippen molar-refractivity contribution >= 4 is 30.0 Å². The summed E-state index contributed by atoms with van der Waals surface area (Å²) in [5.74, 6) is 0.716. The van der Waals surface area contributed by atoms with Crippen LogP contribution in [0.2, 0.25) is 5.15 Å². The fraction of sp³-hybridized carbons (Fsp3) is 0.600. The molecule has 0 aliphatic carbocycles. The summed E-state index contributed by atoms with van der Waals surface area (Å²) in [4.78, 5) is 10.7. The molecule has 1 aromatic rings. The summed E-state index contributed by atoms with van der Waals surface area (Å²) in [6.45, 7) is 3.98. The number of anilines is 1. The van der Waals surface area contributed by atoms with E-state index >= 15 is 0 Å². The summed E-state index contributed by atoms with van der Waals surface area (Å²) >= 11 is 5.91. The molecule has 0 spiro atoms. The molecular weight excluding hydrogens is 247 g/mol. The van der Waals surface area contributed by atoms with E-state index in [1.165, 1.54) is 0 Å². The summed E-state index contributed by atoms with van der Waals surface area (Å²) in [6, 6.07) is 2.24. The predicted octanol–water partition coefficient (Wildman–Crippen LogP) is 1.66. The second kappa shape index (κ2) is 5.66. The first-order valence-corrected chi connectivity index (χ1v) is 5.49. The zero-order valence-electron chi connectivity index (χ0n) is 9.40. The standard InChI is InChI=1S/C10H15ClN4.ClH/c1-7-5-9(11)14-10(13-7)15(2)8-3-4-12-6-8;/h5,8,12H,3-4,6H2,1-2H3;1H/t8-;/m1./s1. The van der Waals surface area contributed by atoms with Crippen LogP contribution in [0, 0.1) is 6.92 Å². The first kappa shape index (κ1) is 13.5. The predicted molar refractivity (Wildman–Crippen MR) is 68.7 cm³/mol. The molecule has 90 valence electrons. The molecule has 0 aromatic carbocycles. The van der Waals surface area contributed by atoms with E-state index in [1.807, 2.05) is 14.0 Å². The van der Waals surface area contributed by atoms with Crippen molar-refractivity contribution in [1.82, 2.24) is 15.3 Å². The number of aryl methyl sites for hydroxylation is 1. The van der Waals surface area contributed by atoms with Gasteiger partial charge >= 0.3 is 0 Å². The second-order valence-electron chi connectivity index (χ2n) is 3.89. The SMILES string of the molecule is Cc1cc(Cl)nc(N(C)[C@@H]2CCNC2)n1.Cl. The number of likely N-dealkylation sites (N-methyl/N-ethyl adjacent to an activating group) is 1. The van der Waals surface area contributed by atoms with Crippen LogP contribution in [0.3, 0.4) is 0 Å². The summed E-state index contributed by atoms with van der Waals surface area (Å²) in [7, 11) is 2.02. The van der Waals surface area contributed by atoms with Crippen LogP contribution < -0.4 is 10.2 Å². The highest BCUT2D eigenvalue weighted by Gasteiger charge is 2.21. The van der Waals surface area contributed by atoms with Gasteiger partial charge in [-0.25, -0.2) is 9.97 Å². The first-order valence-electron chi connectivity index (χ1n) is 5.11. The maximum atomic E-state index is 5.91. The summed E-state index contributed by atoms with van der Waals surface area (Å²) in [5.41, 5.74) is 0.905. The largest absolute Gasteiger partial charge is 0.340 e. The van der Waals surface area contributed by atoms with Crippen LogP contribution in [0.5, 0.6) is 0 Å². The summed E-state index contributed by atoms with van der Waals surface area (Å²) < 4.78 is 0. The molecule has 1 aliphatic rings. The van der Waals surface area contributed by atoms with Gasteiger partial charge in [0.25, 0.3) is 0 Å². The zero-order chi connectivity index (χ0) is 10.8. The molecule has 2 rings (SSSR count). The van der Waals surface area contributed by atoms with Gasteiger partial charge in [0.15, 0.2) is 0 Å². The van der Waals surface area contributed by atoms with E-state index in [0.717, 1.165) is 25.2 Å². The molecular formula is C10H16Cl2N4. The van der Waals surface area contributed by atoms with E-state index in [2.05, 4.69) is 20.2 Å². The zero-order valence-corrected chi connectivity index (χ0v) is 11.0. The average Bonchev–Trinajstić information content (AvgIpc) is 2.67. The molecule has 1 aromatic heterocycles. The molecule has 6 heteroatoms. The maximum Gasteiger partial charge on any atom is 0.227 e. The quantitative estimate of drug-likeness (QED) is 0.824. The molecule has 0 unspecified atom stereocenters. The molecule has 4 nitrogen and oxygen atoms in total.